The van der Waals surface area contributed by atoms with Crippen molar-refractivity contribution in [3.8, 4) is 11.1 Å². The molecule has 11 heteroatoms. The first kappa shape index (κ1) is 23.9. The number of amides is 2. The quantitative estimate of drug-likeness (QED) is 0.265. The van der Waals surface area contributed by atoms with Gasteiger partial charge in [0.1, 0.15) is 17.0 Å². The molecule has 4 rings (SSSR count). The van der Waals surface area contributed by atoms with E-state index in [-0.39, 0.29) is 4.90 Å². The molecule has 0 fully saturated rings. The maximum Gasteiger partial charge on any atom is 0.328 e. The summed E-state index contributed by atoms with van der Waals surface area (Å²) >= 11 is 7.53. The van der Waals surface area contributed by atoms with Gasteiger partial charge in [-0.05, 0) is 48.4 Å². The predicted octanol–water partition coefficient (Wildman–Crippen LogP) is 5.54. The van der Waals surface area contributed by atoms with Crippen LogP contribution in [0, 0.1) is 0 Å². The average Bonchev–Trinajstić information content (AvgIpc) is 3.25. The molecule has 0 aliphatic rings. The number of thiophene rings is 1. The van der Waals surface area contributed by atoms with Gasteiger partial charge >= 0.3 is 6.03 Å². The summed E-state index contributed by atoms with van der Waals surface area (Å²) < 4.78 is 27.0. The van der Waals surface area contributed by atoms with Crippen LogP contribution in [0.4, 0.5) is 16.3 Å². The van der Waals surface area contributed by atoms with E-state index in [1.807, 2.05) is 41.3 Å². The Balaban J connectivity index is 1.55. The first-order valence-electron chi connectivity index (χ1n) is 10.5. The number of nitrogens with zero attached hydrogens (tertiary/aromatic N) is 2. The number of carbonyl (C=O) groups is 1. The number of benzene rings is 2. The Hall–Kier alpha value is -3.21. The molecule has 0 aliphatic heterocycles. The Morgan fingerprint density at radius 3 is 2.50 bits per heavy atom. The molecular weight excluding hydrogens is 494 g/mol. The lowest BCUT2D eigenvalue weighted by atomic mass is 10.1. The largest absolute Gasteiger partial charge is 0.340 e. The van der Waals surface area contributed by atoms with Crippen LogP contribution in [-0.4, -0.2) is 31.0 Å². The van der Waals surface area contributed by atoms with E-state index in [1.165, 1.54) is 29.8 Å². The fourth-order valence-electron chi connectivity index (χ4n) is 3.26. The second-order valence-electron chi connectivity index (χ2n) is 7.42. The van der Waals surface area contributed by atoms with E-state index in [4.69, 9.17) is 11.6 Å². The zero-order valence-corrected chi connectivity index (χ0v) is 20.6. The third-order valence-electron chi connectivity index (χ3n) is 5.00. The number of urea groups is 1. The topological polar surface area (TPSA) is 113 Å². The van der Waals surface area contributed by atoms with E-state index >= 15 is 0 Å². The number of aromatic nitrogens is 2. The van der Waals surface area contributed by atoms with Crippen LogP contribution in [0.5, 0.6) is 0 Å². The van der Waals surface area contributed by atoms with E-state index in [0.29, 0.717) is 23.1 Å². The Bertz CT molecular complexity index is 1410. The smallest absolute Gasteiger partial charge is 0.328 e. The summed E-state index contributed by atoms with van der Waals surface area (Å²) in [6, 6.07) is 12.9. The van der Waals surface area contributed by atoms with Crippen molar-refractivity contribution in [2.24, 2.45) is 0 Å². The molecule has 8 nitrogen and oxygen atoms in total. The molecule has 176 valence electrons. The van der Waals surface area contributed by atoms with Crippen LogP contribution >= 0.6 is 22.9 Å². The summed E-state index contributed by atoms with van der Waals surface area (Å²) in [5.74, 6) is 0.597. The maximum atomic E-state index is 12.5. The van der Waals surface area contributed by atoms with Crippen molar-refractivity contribution in [1.29, 1.82) is 0 Å². The third-order valence-corrected chi connectivity index (χ3v) is 7.48. The molecule has 0 aliphatic carbocycles. The SMILES string of the molecule is CCCCNC(=O)NS(=O)(=O)c1ccc(Nc2ncnc3scc(-c4ccc(Cl)cc4)c23)cc1. The van der Waals surface area contributed by atoms with Crippen LogP contribution in [0.25, 0.3) is 21.3 Å². The second-order valence-corrected chi connectivity index (χ2v) is 10.4. The number of sulfonamides is 1. The lowest BCUT2D eigenvalue weighted by molar-refractivity contribution is 0.245. The highest BCUT2D eigenvalue weighted by atomic mass is 35.5. The van der Waals surface area contributed by atoms with Gasteiger partial charge in [-0.3, -0.25) is 0 Å². The van der Waals surface area contributed by atoms with Gasteiger partial charge < -0.3 is 10.6 Å². The average molecular weight is 516 g/mol. The molecule has 0 spiro atoms. The summed E-state index contributed by atoms with van der Waals surface area (Å²) in [7, 11) is -3.98. The predicted molar refractivity (Wildman–Crippen MR) is 136 cm³/mol. The second kappa shape index (κ2) is 10.4. The molecule has 0 atom stereocenters. The van der Waals surface area contributed by atoms with Gasteiger partial charge in [0.15, 0.2) is 0 Å². The van der Waals surface area contributed by atoms with E-state index in [9.17, 15) is 13.2 Å². The fraction of sp³-hybridized carbons (Fsp3) is 0.174. The summed E-state index contributed by atoms with van der Waals surface area (Å²) in [4.78, 5) is 21.4. The van der Waals surface area contributed by atoms with Gasteiger partial charge in [0.25, 0.3) is 10.0 Å². The van der Waals surface area contributed by atoms with Crippen LogP contribution in [0.2, 0.25) is 5.02 Å². The molecule has 2 aromatic heterocycles. The molecule has 0 saturated carbocycles. The van der Waals surface area contributed by atoms with Gasteiger partial charge in [0, 0.05) is 28.2 Å². The van der Waals surface area contributed by atoms with Crippen molar-refractivity contribution in [3.63, 3.8) is 0 Å². The number of carbonyl (C=O) groups excluding carboxylic acids is 1. The first-order chi connectivity index (χ1) is 16.4. The number of hydrogen-bond donors (Lipinski definition) is 3. The summed E-state index contributed by atoms with van der Waals surface area (Å²) in [5.41, 5.74) is 2.59. The number of unbranched alkanes of at least 4 members (excludes halogenated alkanes) is 1. The van der Waals surface area contributed by atoms with Gasteiger partial charge in [0.05, 0.1) is 10.3 Å². The number of halogens is 1. The maximum absolute atomic E-state index is 12.5. The molecule has 34 heavy (non-hydrogen) atoms. The van der Waals surface area contributed by atoms with Crippen molar-refractivity contribution in [2.45, 2.75) is 24.7 Å². The van der Waals surface area contributed by atoms with Crippen LogP contribution in [-0.2, 0) is 10.0 Å². The Kier molecular flexibility index (Phi) is 7.30. The highest BCUT2D eigenvalue weighted by molar-refractivity contribution is 7.90. The highest BCUT2D eigenvalue weighted by Gasteiger charge is 2.18. The molecule has 0 bridgehead atoms. The summed E-state index contributed by atoms with van der Waals surface area (Å²) in [5, 5.41) is 9.30. The standard InChI is InChI=1S/C23H22ClN5O3S2/c1-2-3-12-25-23(30)29-34(31,32)18-10-8-17(9-11-18)28-21-20-19(13-33-22(20)27-14-26-21)15-4-6-16(24)7-5-15/h4-11,13-14H,2-3,12H2,1H3,(H2,25,29,30)(H,26,27,28). The Morgan fingerprint density at radius 2 is 1.79 bits per heavy atom. The van der Waals surface area contributed by atoms with Crippen molar-refractivity contribution in [1.82, 2.24) is 20.0 Å². The van der Waals surface area contributed by atoms with Crippen LogP contribution in [0.1, 0.15) is 19.8 Å². The molecule has 3 N–H and O–H groups in total. The lowest BCUT2D eigenvalue weighted by Crippen LogP contribution is -2.39. The summed E-state index contributed by atoms with van der Waals surface area (Å²) in [6.45, 7) is 2.39. The van der Waals surface area contributed by atoms with E-state index in [1.54, 1.807) is 12.1 Å². The van der Waals surface area contributed by atoms with Gasteiger partial charge in [-0.1, -0.05) is 37.1 Å². The van der Waals surface area contributed by atoms with Crippen LogP contribution in [0.3, 0.4) is 0 Å². The monoisotopic (exact) mass is 515 g/mol. The van der Waals surface area contributed by atoms with Gasteiger partial charge in [-0.25, -0.2) is 27.9 Å². The minimum Gasteiger partial charge on any atom is -0.340 e. The van der Waals surface area contributed by atoms with Crippen molar-refractivity contribution < 1.29 is 13.2 Å². The Labute approximate surface area is 206 Å². The number of anilines is 2. The molecular formula is C23H22ClN5O3S2. The van der Waals surface area contributed by atoms with Crippen LogP contribution < -0.4 is 15.4 Å². The molecule has 2 heterocycles. The molecule has 2 amide bonds. The summed E-state index contributed by atoms with van der Waals surface area (Å²) in [6.07, 6.45) is 3.15. The lowest BCUT2D eigenvalue weighted by Gasteiger charge is -2.11. The number of hydrogen-bond acceptors (Lipinski definition) is 7. The molecule has 0 unspecified atom stereocenters. The Morgan fingerprint density at radius 1 is 1.06 bits per heavy atom. The van der Waals surface area contributed by atoms with E-state index in [2.05, 4.69) is 20.6 Å². The minimum atomic E-state index is -3.98. The van der Waals surface area contributed by atoms with Crippen molar-refractivity contribution in [2.75, 3.05) is 11.9 Å². The molecule has 2 aromatic carbocycles. The first-order valence-corrected chi connectivity index (χ1v) is 13.3. The number of nitrogens with one attached hydrogen (secondary N) is 3. The van der Waals surface area contributed by atoms with Crippen molar-refractivity contribution >= 4 is 60.7 Å². The van der Waals surface area contributed by atoms with E-state index < -0.39 is 16.1 Å². The van der Waals surface area contributed by atoms with Gasteiger partial charge in [-0.2, -0.15) is 0 Å². The third kappa shape index (κ3) is 5.46. The van der Waals surface area contributed by atoms with Gasteiger partial charge in [0.2, 0.25) is 0 Å². The normalized spacial score (nSPS) is 11.4. The van der Waals surface area contributed by atoms with Crippen LogP contribution in [0.15, 0.2) is 65.1 Å². The molecule has 0 saturated heterocycles. The molecule has 0 radical (unpaired) electrons. The van der Waals surface area contributed by atoms with E-state index in [0.717, 1.165) is 34.2 Å². The van der Waals surface area contributed by atoms with Gasteiger partial charge in [-0.15, -0.1) is 11.3 Å². The molecule has 4 aromatic rings. The highest BCUT2D eigenvalue weighted by Crippen LogP contribution is 2.37. The minimum absolute atomic E-state index is 0.0195. The number of rotatable bonds is 8. The van der Waals surface area contributed by atoms with Crippen molar-refractivity contribution in [3.05, 3.63) is 65.3 Å². The fourth-order valence-corrected chi connectivity index (χ4v) is 5.23. The zero-order chi connectivity index (χ0) is 24.1. The zero-order valence-electron chi connectivity index (χ0n) is 18.2. The number of fused-ring (bicyclic) bond motifs is 1.